The molecule has 26 heavy (non-hydrogen) atoms. The predicted octanol–water partition coefficient (Wildman–Crippen LogP) is 2.83. The summed E-state index contributed by atoms with van der Waals surface area (Å²) in [4.78, 5) is 24.8. The van der Waals surface area contributed by atoms with E-state index in [1.807, 2.05) is 6.07 Å². The summed E-state index contributed by atoms with van der Waals surface area (Å²) in [5, 5.41) is 24.5. The number of carbonyl (C=O) groups is 2. The number of nitriles is 2. The van der Waals surface area contributed by atoms with Crippen LogP contribution in [0.25, 0.3) is 0 Å². The minimum atomic E-state index is -0.922. The zero-order valence-electron chi connectivity index (χ0n) is 15.8. The number of amides is 2. The normalized spacial score (nSPS) is 29.2. The molecule has 2 N–H and O–H groups in total. The Morgan fingerprint density at radius 1 is 1.35 bits per heavy atom. The van der Waals surface area contributed by atoms with Crippen LogP contribution in [0.5, 0.6) is 0 Å². The molecule has 140 valence electrons. The van der Waals surface area contributed by atoms with Crippen LogP contribution in [-0.4, -0.2) is 23.1 Å². The van der Waals surface area contributed by atoms with Gasteiger partial charge in [0.05, 0.1) is 28.0 Å². The number of nitrogens with zero attached hydrogens (tertiary/aromatic N) is 2. The van der Waals surface area contributed by atoms with Crippen molar-refractivity contribution >= 4 is 23.6 Å². The van der Waals surface area contributed by atoms with Crippen LogP contribution < -0.4 is 10.6 Å². The Kier molecular flexibility index (Phi) is 6.36. The first-order valence-corrected chi connectivity index (χ1v) is 9.92. The van der Waals surface area contributed by atoms with Crippen molar-refractivity contribution in [1.82, 2.24) is 10.6 Å². The molecule has 1 fully saturated rings. The number of hydrogen-bond acceptors (Lipinski definition) is 5. The van der Waals surface area contributed by atoms with Gasteiger partial charge in [-0.05, 0) is 25.7 Å². The molecule has 1 heterocycles. The highest BCUT2D eigenvalue weighted by Gasteiger charge is 2.45. The molecular formula is C19H26N4O2S. The van der Waals surface area contributed by atoms with E-state index in [0.29, 0.717) is 16.5 Å². The largest absolute Gasteiger partial charge is 0.352 e. The summed E-state index contributed by atoms with van der Waals surface area (Å²) in [7, 11) is 0. The lowest BCUT2D eigenvalue weighted by Crippen LogP contribution is -2.46. The topological polar surface area (TPSA) is 106 Å². The van der Waals surface area contributed by atoms with Crippen LogP contribution in [0.3, 0.4) is 0 Å². The van der Waals surface area contributed by atoms with Crippen molar-refractivity contribution < 1.29 is 9.59 Å². The highest BCUT2D eigenvalue weighted by molar-refractivity contribution is 8.04. The standard InChI is InChI=1S/C19H26N4O2S/c1-11-7-5-6-8-15(11)22-16(24)12(2)26-18-14(10-21)19(3,4)13(9-20)17(25)23-18/h11-13,15H,5-8H2,1-4H3,(H,22,24)(H,23,25)/t11-,12+,13-,15+/m0/s1. The number of nitrogens with one attached hydrogen (secondary N) is 2. The van der Waals surface area contributed by atoms with Crippen LogP contribution in [0.2, 0.25) is 0 Å². The summed E-state index contributed by atoms with van der Waals surface area (Å²) in [6.07, 6.45) is 4.44. The molecule has 0 aromatic carbocycles. The summed E-state index contributed by atoms with van der Waals surface area (Å²) in [6.45, 7) is 7.36. The summed E-state index contributed by atoms with van der Waals surface area (Å²) in [6, 6.07) is 4.29. The smallest absolute Gasteiger partial charge is 0.243 e. The average Bonchev–Trinajstić information content (AvgIpc) is 2.56. The lowest BCUT2D eigenvalue weighted by atomic mass is 9.72. The molecule has 6 nitrogen and oxygen atoms in total. The molecule has 2 aliphatic rings. The molecule has 0 aromatic heterocycles. The van der Waals surface area contributed by atoms with Gasteiger partial charge in [0.15, 0.2) is 0 Å². The number of rotatable bonds is 4. The first-order chi connectivity index (χ1) is 12.2. The molecule has 0 unspecified atom stereocenters. The summed E-state index contributed by atoms with van der Waals surface area (Å²) in [5.41, 5.74) is -0.540. The van der Waals surface area contributed by atoms with E-state index < -0.39 is 22.5 Å². The summed E-state index contributed by atoms with van der Waals surface area (Å²) in [5.74, 6) is -0.974. The molecule has 1 aliphatic heterocycles. The molecule has 0 saturated heterocycles. The Morgan fingerprint density at radius 2 is 2.00 bits per heavy atom. The Hall–Kier alpha value is -1.99. The zero-order valence-corrected chi connectivity index (χ0v) is 16.6. The van der Waals surface area contributed by atoms with Gasteiger partial charge in [0.25, 0.3) is 0 Å². The molecule has 0 bridgehead atoms. The fourth-order valence-electron chi connectivity index (χ4n) is 3.58. The quantitative estimate of drug-likeness (QED) is 0.787. The lowest BCUT2D eigenvalue weighted by Gasteiger charge is -2.35. The highest BCUT2D eigenvalue weighted by atomic mass is 32.2. The van der Waals surface area contributed by atoms with E-state index in [4.69, 9.17) is 0 Å². The molecule has 4 atom stereocenters. The maximum atomic E-state index is 12.6. The van der Waals surface area contributed by atoms with E-state index in [2.05, 4.69) is 23.6 Å². The SMILES string of the molecule is C[C@@H](SC1=C(C#N)C(C)(C)[C@@H](C#N)C(=O)N1)C(=O)N[C@@H]1CCCC[C@@H]1C. The predicted molar refractivity (Wildman–Crippen MR) is 100 cm³/mol. The third-order valence-electron chi connectivity index (χ3n) is 5.44. The molecule has 2 amide bonds. The van der Waals surface area contributed by atoms with Crippen molar-refractivity contribution in [2.45, 2.75) is 64.7 Å². The van der Waals surface area contributed by atoms with Gasteiger partial charge in [0.2, 0.25) is 11.8 Å². The van der Waals surface area contributed by atoms with Crippen LogP contribution in [0, 0.1) is 39.9 Å². The molecular weight excluding hydrogens is 348 g/mol. The van der Waals surface area contributed by atoms with Crippen molar-refractivity contribution in [3.8, 4) is 12.1 Å². The van der Waals surface area contributed by atoms with E-state index in [-0.39, 0.29) is 11.9 Å². The molecule has 0 spiro atoms. The molecule has 1 aliphatic carbocycles. The van der Waals surface area contributed by atoms with Crippen molar-refractivity contribution in [1.29, 1.82) is 10.5 Å². The van der Waals surface area contributed by atoms with Gasteiger partial charge in [-0.15, -0.1) is 0 Å². The minimum Gasteiger partial charge on any atom is -0.352 e. The van der Waals surface area contributed by atoms with Crippen LogP contribution in [0.1, 0.15) is 53.4 Å². The second-order valence-corrected chi connectivity index (χ2v) is 9.08. The third kappa shape index (κ3) is 4.04. The average molecular weight is 375 g/mol. The van der Waals surface area contributed by atoms with E-state index in [1.54, 1.807) is 20.8 Å². The summed E-state index contributed by atoms with van der Waals surface area (Å²) < 4.78 is 0. The van der Waals surface area contributed by atoms with Gasteiger partial charge in [0.1, 0.15) is 5.92 Å². The highest BCUT2D eigenvalue weighted by Crippen LogP contribution is 2.42. The maximum Gasteiger partial charge on any atom is 0.243 e. The van der Waals surface area contributed by atoms with E-state index in [9.17, 15) is 20.1 Å². The minimum absolute atomic E-state index is 0.0898. The van der Waals surface area contributed by atoms with Crippen molar-refractivity contribution in [2.24, 2.45) is 17.3 Å². The number of hydrogen-bond donors (Lipinski definition) is 2. The molecule has 0 radical (unpaired) electrons. The van der Waals surface area contributed by atoms with Crippen LogP contribution in [0.15, 0.2) is 10.6 Å². The second kappa shape index (κ2) is 8.14. The fourth-order valence-corrected chi connectivity index (χ4v) is 4.69. The number of allylic oxidation sites excluding steroid dienone is 1. The molecule has 0 aromatic rings. The Morgan fingerprint density at radius 3 is 2.58 bits per heavy atom. The first-order valence-electron chi connectivity index (χ1n) is 9.04. The number of carbonyl (C=O) groups excluding carboxylic acids is 2. The van der Waals surface area contributed by atoms with E-state index in [1.165, 1.54) is 18.2 Å². The van der Waals surface area contributed by atoms with Gasteiger partial charge >= 0.3 is 0 Å². The van der Waals surface area contributed by atoms with Crippen LogP contribution >= 0.6 is 11.8 Å². The van der Waals surface area contributed by atoms with Gasteiger partial charge in [-0.2, -0.15) is 10.5 Å². The zero-order chi connectivity index (χ0) is 19.5. The molecule has 2 rings (SSSR count). The van der Waals surface area contributed by atoms with E-state index >= 15 is 0 Å². The Labute approximate surface area is 159 Å². The molecule has 7 heteroatoms. The van der Waals surface area contributed by atoms with Gasteiger partial charge in [-0.1, -0.05) is 45.4 Å². The third-order valence-corrected chi connectivity index (χ3v) is 6.55. The van der Waals surface area contributed by atoms with Crippen molar-refractivity contribution in [2.75, 3.05) is 0 Å². The van der Waals surface area contributed by atoms with E-state index in [0.717, 1.165) is 19.3 Å². The van der Waals surface area contributed by atoms with Crippen LogP contribution in [0.4, 0.5) is 0 Å². The van der Waals surface area contributed by atoms with Gasteiger partial charge in [-0.25, -0.2) is 0 Å². The number of thioether (sulfide) groups is 1. The lowest BCUT2D eigenvalue weighted by molar-refractivity contribution is -0.125. The molecule has 1 saturated carbocycles. The van der Waals surface area contributed by atoms with Crippen LogP contribution in [-0.2, 0) is 9.59 Å². The Bertz CT molecular complexity index is 701. The summed E-state index contributed by atoms with van der Waals surface area (Å²) >= 11 is 1.17. The van der Waals surface area contributed by atoms with Gasteiger partial charge in [0, 0.05) is 11.5 Å². The van der Waals surface area contributed by atoms with Crippen molar-refractivity contribution in [3.05, 3.63) is 10.6 Å². The monoisotopic (exact) mass is 374 g/mol. The fraction of sp³-hybridized carbons (Fsp3) is 0.684. The first kappa shape index (κ1) is 20.3. The van der Waals surface area contributed by atoms with Gasteiger partial charge < -0.3 is 10.6 Å². The maximum absolute atomic E-state index is 12.6. The second-order valence-electron chi connectivity index (χ2n) is 7.73. The van der Waals surface area contributed by atoms with Gasteiger partial charge in [-0.3, -0.25) is 9.59 Å². The Balaban J connectivity index is 2.14. The van der Waals surface area contributed by atoms with Crippen molar-refractivity contribution in [3.63, 3.8) is 0 Å².